The van der Waals surface area contributed by atoms with E-state index in [9.17, 15) is 9.90 Å². The second-order valence-electron chi connectivity index (χ2n) is 8.88. The van der Waals surface area contributed by atoms with Crippen molar-refractivity contribution in [1.29, 1.82) is 0 Å². The van der Waals surface area contributed by atoms with E-state index < -0.39 is 0 Å². The molecule has 0 radical (unpaired) electrons. The average Bonchev–Trinajstić information content (AvgIpc) is 2.82. The van der Waals surface area contributed by atoms with Crippen LogP contribution in [-0.4, -0.2) is 34.2 Å². The van der Waals surface area contributed by atoms with Crippen molar-refractivity contribution in [1.82, 2.24) is 4.90 Å². The zero-order chi connectivity index (χ0) is 20.6. The third-order valence-electron chi connectivity index (χ3n) is 4.54. The molecule has 1 heterocycles. The summed E-state index contributed by atoms with van der Waals surface area (Å²) in [5.74, 6) is 0.350. The minimum absolute atomic E-state index is 0.00241. The van der Waals surface area contributed by atoms with E-state index in [1.165, 1.54) is 11.8 Å². The van der Waals surface area contributed by atoms with Gasteiger partial charge in [0.15, 0.2) is 5.17 Å². The quantitative estimate of drug-likeness (QED) is 0.715. The summed E-state index contributed by atoms with van der Waals surface area (Å²) in [6, 6.07) is 3.99. The zero-order valence-electron chi connectivity index (χ0n) is 17.8. The number of aromatic hydroxyl groups is 1. The molecule has 1 fully saturated rings. The van der Waals surface area contributed by atoms with Crippen LogP contribution < -0.4 is 0 Å². The number of rotatable bonds is 3. The van der Waals surface area contributed by atoms with Gasteiger partial charge in [-0.05, 0) is 60.2 Å². The van der Waals surface area contributed by atoms with Crippen molar-refractivity contribution in [2.24, 2.45) is 4.99 Å². The number of hydrogen-bond acceptors (Lipinski definition) is 4. The monoisotopic (exact) mass is 388 g/mol. The SMILES string of the molecule is CCN=C1SC(=Cc2cc(C(C)(C)C)c(O)c(C(C)(C)C)c2)C(=O)N1CC. The second kappa shape index (κ2) is 7.70. The number of carbonyl (C=O) groups is 1. The molecule has 2 rings (SSSR count). The molecular weight excluding hydrogens is 356 g/mol. The Morgan fingerprint density at radius 3 is 2.00 bits per heavy atom. The lowest BCUT2D eigenvalue weighted by Gasteiger charge is -2.28. The molecule has 0 aromatic heterocycles. The van der Waals surface area contributed by atoms with Crippen LogP contribution in [0.4, 0.5) is 0 Å². The second-order valence-corrected chi connectivity index (χ2v) is 9.89. The molecule has 4 nitrogen and oxygen atoms in total. The van der Waals surface area contributed by atoms with Gasteiger partial charge in [0.1, 0.15) is 5.75 Å². The van der Waals surface area contributed by atoms with Crippen LogP contribution in [0.3, 0.4) is 0 Å². The van der Waals surface area contributed by atoms with Crippen LogP contribution in [0.25, 0.3) is 6.08 Å². The van der Waals surface area contributed by atoms with Gasteiger partial charge in [0.05, 0.1) is 4.91 Å². The number of amidine groups is 1. The van der Waals surface area contributed by atoms with Crippen LogP contribution in [-0.2, 0) is 15.6 Å². The van der Waals surface area contributed by atoms with E-state index in [1.807, 2.05) is 32.1 Å². The summed E-state index contributed by atoms with van der Waals surface area (Å²) in [5.41, 5.74) is 2.33. The summed E-state index contributed by atoms with van der Waals surface area (Å²) < 4.78 is 0. The molecule has 27 heavy (non-hydrogen) atoms. The molecule has 148 valence electrons. The van der Waals surface area contributed by atoms with E-state index in [0.29, 0.717) is 23.7 Å². The smallest absolute Gasteiger partial charge is 0.266 e. The highest BCUT2D eigenvalue weighted by Gasteiger charge is 2.32. The maximum absolute atomic E-state index is 12.8. The molecule has 1 aromatic rings. The van der Waals surface area contributed by atoms with Crippen molar-refractivity contribution in [2.75, 3.05) is 13.1 Å². The van der Waals surface area contributed by atoms with Gasteiger partial charge in [0.2, 0.25) is 0 Å². The Labute approximate surface area is 167 Å². The summed E-state index contributed by atoms with van der Waals surface area (Å²) >= 11 is 1.43. The number of likely N-dealkylation sites (N-methyl/N-ethyl adjacent to an activating group) is 1. The minimum Gasteiger partial charge on any atom is -0.507 e. The van der Waals surface area contributed by atoms with Gasteiger partial charge in [-0.3, -0.25) is 14.7 Å². The molecule has 5 heteroatoms. The topological polar surface area (TPSA) is 52.9 Å². The summed E-state index contributed by atoms with van der Waals surface area (Å²) in [5, 5.41) is 11.6. The molecule has 0 bridgehead atoms. The van der Waals surface area contributed by atoms with Crippen LogP contribution in [0.1, 0.15) is 72.1 Å². The van der Waals surface area contributed by atoms with E-state index in [4.69, 9.17) is 0 Å². The van der Waals surface area contributed by atoms with E-state index in [-0.39, 0.29) is 16.7 Å². The molecule has 1 saturated heterocycles. The van der Waals surface area contributed by atoms with Crippen LogP contribution in [0.5, 0.6) is 5.75 Å². The van der Waals surface area contributed by atoms with Gasteiger partial charge in [-0.15, -0.1) is 0 Å². The first-order valence-electron chi connectivity index (χ1n) is 9.54. The molecule has 1 aliphatic heterocycles. The number of amides is 1. The lowest BCUT2D eigenvalue weighted by atomic mass is 9.78. The molecule has 1 N–H and O–H groups in total. The lowest BCUT2D eigenvalue weighted by molar-refractivity contribution is -0.122. The molecular formula is C22H32N2O2S. The fourth-order valence-corrected chi connectivity index (χ4v) is 4.18. The van der Waals surface area contributed by atoms with Crippen molar-refractivity contribution in [3.63, 3.8) is 0 Å². The normalized spacial score (nSPS) is 18.8. The van der Waals surface area contributed by atoms with Gasteiger partial charge in [-0.25, -0.2) is 0 Å². The van der Waals surface area contributed by atoms with E-state index >= 15 is 0 Å². The summed E-state index contributed by atoms with van der Waals surface area (Å²) in [6.07, 6.45) is 1.93. The number of nitrogens with zero attached hydrogens (tertiary/aromatic N) is 2. The minimum atomic E-state index is -0.199. The molecule has 0 aliphatic carbocycles. The number of aliphatic imine (C=N–C) groups is 1. The van der Waals surface area contributed by atoms with Crippen molar-refractivity contribution in [2.45, 2.75) is 66.2 Å². The number of phenolic OH excluding ortho intramolecular Hbond substituents is 1. The maximum atomic E-state index is 12.8. The number of benzene rings is 1. The molecule has 0 spiro atoms. The maximum Gasteiger partial charge on any atom is 0.266 e. The van der Waals surface area contributed by atoms with Gasteiger partial charge in [-0.2, -0.15) is 0 Å². The molecule has 0 atom stereocenters. The van der Waals surface area contributed by atoms with Crippen LogP contribution in [0.2, 0.25) is 0 Å². The fraction of sp³-hybridized carbons (Fsp3) is 0.545. The van der Waals surface area contributed by atoms with E-state index in [2.05, 4.69) is 46.5 Å². The fourth-order valence-electron chi connectivity index (χ4n) is 3.07. The summed E-state index contributed by atoms with van der Waals surface area (Å²) in [6.45, 7) is 17.7. The van der Waals surface area contributed by atoms with E-state index in [1.54, 1.807) is 4.90 Å². The first-order chi connectivity index (χ1) is 12.4. The highest BCUT2D eigenvalue weighted by Crippen LogP contribution is 2.41. The predicted molar refractivity (Wildman–Crippen MR) is 116 cm³/mol. The Bertz CT molecular complexity index is 761. The molecule has 1 amide bonds. The average molecular weight is 389 g/mol. The van der Waals surface area contributed by atoms with Gasteiger partial charge in [0.25, 0.3) is 5.91 Å². The Morgan fingerprint density at radius 1 is 1.07 bits per heavy atom. The van der Waals surface area contributed by atoms with Gasteiger partial charge in [-0.1, -0.05) is 41.5 Å². The van der Waals surface area contributed by atoms with Gasteiger partial charge >= 0.3 is 0 Å². The van der Waals surface area contributed by atoms with Gasteiger partial charge in [0, 0.05) is 24.2 Å². The highest BCUT2D eigenvalue weighted by atomic mass is 32.2. The molecule has 1 aliphatic rings. The van der Waals surface area contributed by atoms with Crippen LogP contribution in [0.15, 0.2) is 22.0 Å². The number of carbonyl (C=O) groups excluding carboxylic acids is 1. The lowest BCUT2D eigenvalue weighted by Crippen LogP contribution is -2.28. The Balaban J connectivity index is 2.61. The van der Waals surface area contributed by atoms with Crippen LogP contribution >= 0.6 is 11.8 Å². The van der Waals surface area contributed by atoms with Crippen molar-refractivity contribution < 1.29 is 9.90 Å². The Morgan fingerprint density at radius 2 is 1.59 bits per heavy atom. The zero-order valence-corrected chi connectivity index (χ0v) is 18.6. The van der Waals surface area contributed by atoms with Crippen molar-refractivity contribution >= 4 is 28.9 Å². The van der Waals surface area contributed by atoms with Gasteiger partial charge < -0.3 is 5.11 Å². The third kappa shape index (κ3) is 4.57. The van der Waals surface area contributed by atoms with E-state index in [0.717, 1.165) is 21.9 Å². The molecule has 0 saturated carbocycles. The summed E-state index contributed by atoms with van der Waals surface area (Å²) in [7, 11) is 0. The first-order valence-corrected chi connectivity index (χ1v) is 10.4. The Hall–Kier alpha value is -1.75. The Kier molecular flexibility index (Phi) is 6.15. The largest absolute Gasteiger partial charge is 0.507 e. The number of thioether (sulfide) groups is 1. The van der Waals surface area contributed by atoms with Crippen molar-refractivity contribution in [3.8, 4) is 5.75 Å². The predicted octanol–water partition coefficient (Wildman–Crippen LogP) is 5.30. The number of hydrogen-bond donors (Lipinski definition) is 1. The first kappa shape index (κ1) is 21.5. The standard InChI is InChI=1S/C22H32N2O2S/c1-9-23-20-24(10-2)19(26)17(27-20)13-14-11-15(21(3,4)5)18(25)16(12-14)22(6,7)8/h11-13,25H,9-10H2,1-8H3. The third-order valence-corrected chi connectivity index (χ3v) is 5.59. The summed E-state index contributed by atoms with van der Waals surface area (Å²) in [4.78, 5) is 19.6. The number of phenols is 1. The van der Waals surface area contributed by atoms with Crippen molar-refractivity contribution in [3.05, 3.63) is 33.7 Å². The van der Waals surface area contributed by atoms with Crippen LogP contribution in [0, 0.1) is 0 Å². The highest BCUT2D eigenvalue weighted by molar-refractivity contribution is 8.18. The molecule has 0 unspecified atom stereocenters. The molecule has 1 aromatic carbocycles.